The van der Waals surface area contributed by atoms with Gasteiger partial charge in [-0.2, -0.15) is 5.26 Å². The summed E-state index contributed by atoms with van der Waals surface area (Å²) in [6.07, 6.45) is 6.71. The highest BCUT2D eigenvalue weighted by Crippen LogP contribution is 2.38. The molecule has 33 heavy (non-hydrogen) atoms. The predicted molar refractivity (Wildman–Crippen MR) is 134 cm³/mol. The Kier molecular flexibility index (Phi) is 7.72. The van der Waals surface area contributed by atoms with E-state index < -0.39 is 17.2 Å². The lowest BCUT2D eigenvalue weighted by Gasteiger charge is -2.28. The summed E-state index contributed by atoms with van der Waals surface area (Å²) in [4.78, 5) is 0. The van der Waals surface area contributed by atoms with Gasteiger partial charge in [0.05, 0.1) is 0 Å². The van der Waals surface area contributed by atoms with Crippen LogP contribution in [-0.2, 0) is 0 Å². The monoisotopic (exact) mass is 458 g/mol. The molecule has 1 aliphatic heterocycles. The van der Waals surface area contributed by atoms with E-state index >= 15 is 0 Å². The molecule has 4 heteroatoms. The molecule has 1 aliphatic rings. The van der Waals surface area contributed by atoms with E-state index in [9.17, 15) is 8.78 Å². The first-order valence-corrected chi connectivity index (χ1v) is 14.1. The molecular formula is C29H30F2NSi. The number of hydrogen-bond acceptors (Lipinski definition) is 1. The van der Waals surface area contributed by atoms with Crippen LogP contribution in [0.4, 0.5) is 8.78 Å². The van der Waals surface area contributed by atoms with E-state index in [0.29, 0.717) is 11.5 Å². The number of halogens is 2. The number of hydrogen-bond donors (Lipinski definition) is 0. The number of unbranched alkanes of at least 4 members (excludes halogenated alkanes) is 2. The molecule has 0 N–H and O–H groups in total. The summed E-state index contributed by atoms with van der Waals surface area (Å²) in [5.41, 5.74) is 4.01. The van der Waals surface area contributed by atoms with Crippen LogP contribution in [0.2, 0.25) is 18.1 Å². The van der Waals surface area contributed by atoms with Crippen molar-refractivity contribution in [1.29, 1.82) is 5.26 Å². The average Bonchev–Trinajstić information content (AvgIpc) is 2.85. The van der Waals surface area contributed by atoms with Crippen molar-refractivity contribution in [3.05, 3.63) is 83.4 Å². The second kappa shape index (κ2) is 10.9. The highest BCUT2D eigenvalue weighted by molar-refractivity contribution is 6.59. The Morgan fingerprint density at radius 1 is 0.879 bits per heavy atom. The molecule has 0 spiro atoms. The molecule has 3 aromatic carbocycles. The van der Waals surface area contributed by atoms with E-state index in [2.05, 4.69) is 31.2 Å². The minimum atomic E-state index is -0.828. The zero-order valence-corrected chi connectivity index (χ0v) is 20.2. The number of rotatable bonds is 7. The third-order valence-corrected chi connectivity index (χ3v) is 9.96. The van der Waals surface area contributed by atoms with Crippen LogP contribution in [0.5, 0.6) is 0 Å². The van der Waals surface area contributed by atoms with Gasteiger partial charge in [0.2, 0.25) is 0 Å². The molecule has 0 atom stereocenters. The van der Waals surface area contributed by atoms with E-state index in [1.165, 1.54) is 67.9 Å². The van der Waals surface area contributed by atoms with E-state index in [4.69, 9.17) is 5.26 Å². The van der Waals surface area contributed by atoms with Crippen molar-refractivity contribution in [3.8, 4) is 28.3 Å². The minimum absolute atomic E-state index is 0.140. The van der Waals surface area contributed by atoms with Crippen LogP contribution in [0.1, 0.15) is 56.1 Å². The van der Waals surface area contributed by atoms with E-state index in [0.717, 1.165) is 16.7 Å². The van der Waals surface area contributed by atoms with Gasteiger partial charge in [0, 0.05) is 8.80 Å². The van der Waals surface area contributed by atoms with Gasteiger partial charge in [-0.25, -0.2) is 8.78 Å². The molecule has 4 rings (SSSR count). The summed E-state index contributed by atoms with van der Waals surface area (Å²) in [5.74, 6) is -1.01. The van der Waals surface area contributed by atoms with Crippen LogP contribution in [0.15, 0.2) is 60.7 Å². The van der Waals surface area contributed by atoms with Crippen LogP contribution in [-0.4, -0.2) is 8.80 Å². The lowest BCUT2D eigenvalue weighted by molar-refractivity contribution is 0.577. The third-order valence-electron chi connectivity index (χ3n) is 6.91. The normalized spacial score (nSPS) is 14.8. The molecule has 0 aliphatic carbocycles. The third kappa shape index (κ3) is 5.42. The van der Waals surface area contributed by atoms with Crippen molar-refractivity contribution in [2.45, 2.75) is 63.1 Å². The quantitative estimate of drug-likeness (QED) is 0.256. The first kappa shape index (κ1) is 23.4. The van der Waals surface area contributed by atoms with Crippen molar-refractivity contribution in [1.82, 2.24) is 0 Å². The van der Waals surface area contributed by atoms with Crippen LogP contribution in [0.25, 0.3) is 22.3 Å². The Bertz CT molecular complexity index is 1100. The van der Waals surface area contributed by atoms with Gasteiger partial charge in [-0.3, -0.25) is 0 Å². The van der Waals surface area contributed by atoms with Gasteiger partial charge in [-0.15, -0.1) is 0 Å². The van der Waals surface area contributed by atoms with E-state index in [1.807, 2.05) is 24.3 Å². The first-order valence-electron chi connectivity index (χ1n) is 12.0. The highest BCUT2D eigenvalue weighted by atomic mass is 28.3. The van der Waals surface area contributed by atoms with Crippen LogP contribution in [0.3, 0.4) is 0 Å². The van der Waals surface area contributed by atoms with Crippen LogP contribution in [0, 0.1) is 23.0 Å². The summed E-state index contributed by atoms with van der Waals surface area (Å²) in [6, 6.07) is 24.8. The smallest absolute Gasteiger partial charge is 0.144 e. The number of nitrogens with zero attached hydrogens (tertiary/aromatic N) is 1. The molecule has 1 heterocycles. The fourth-order valence-corrected chi connectivity index (χ4v) is 8.00. The molecule has 1 fully saturated rings. The number of nitriles is 1. The van der Waals surface area contributed by atoms with Crippen molar-refractivity contribution in [2.24, 2.45) is 0 Å². The lowest BCUT2D eigenvalue weighted by Crippen LogP contribution is -2.20. The molecule has 1 radical (unpaired) electrons. The van der Waals surface area contributed by atoms with E-state index in [1.54, 1.807) is 6.07 Å². The van der Waals surface area contributed by atoms with Gasteiger partial charge >= 0.3 is 0 Å². The molecule has 0 aromatic heterocycles. The zero-order valence-electron chi connectivity index (χ0n) is 19.2. The van der Waals surface area contributed by atoms with Gasteiger partial charge in [0.15, 0.2) is 0 Å². The summed E-state index contributed by atoms with van der Waals surface area (Å²) >= 11 is 0. The van der Waals surface area contributed by atoms with Crippen molar-refractivity contribution < 1.29 is 8.78 Å². The lowest BCUT2D eigenvalue weighted by atomic mass is 9.90. The number of benzene rings is 3. The van der Waals surface area contributed by atoms with Gasteiger partial charge in [-0.05, 0) is 58.7 Å². The fourth-order valence-electron chi connectivity index (χ4n) is 4.99. The molecule has 0 amide bonds. The molecule has 169 valence electrons. The summed E-state index contributed by atoms with van der Waals surface area (Å²) in [7, 11) is -0.140. The molecule has 0 bridgehead atoms. The largest absolute Gasteiger partial charge is 0.205 e. The van der Waals surface area contributed by atoms with E-state index in [-0.39, 0.29) is 8.80 Å². The molecule has 0 saturated carbocycles. The predicted octanol–water partition coefficient (Wildman–Crippen LogP) is 8.73. The highest BCUT2D eigenvalue weighted by Gasteiger charge is 2.23. The maximum absolute atomic E-state index is 14.2. The summed E-state index contributed by atoms with van der Waals surface area (Å²) < 4.78 is 28.5. The Morgan fingerprint density at radius 2 is 1.48 bits per heavy atom. The average molecular weight is 459 g/mol. The van der Waals surface area contributed by atoms with Crippen molar-refractivity contribution >= 4 is 8.80 Å². The maximum atomic E-state index is 14.2. The SMILES string of the molecule is CCCCC[Si]1CCC(c2ccc(-c3ccccc3-c3cc(F)c(C#N)c(F)c3)cc2)CC1. The fraction of sp³-hybridized carbons (Fsp3) is 0.345. The van der Waals surface area contributed by atoms with Crippen molar-refractivity contribution in [3.63, 3.8) is 0 Å². The second-order valence-corrected chi connectivity index (χ2v) is 12.1. The van der Waals surface area contributed by atoms with Crippen LogP contribution >= 0.6 is 0 Å². The maximum Gasteiger partial charge on any atom is 0.144 e. The minimum Gasteiger partial charge on any atom is -0.205 e. The van der Waals surface area contributed by atoms with Gasteiger partial charge in [-0.1, -0.05) is 92.8 Å². The molecule has 0 unspecified atom stereocenters. The van der Waals surface area contributed by atoms with Gasteiger partial charge < -0.3 is 0 Å². The van der Waals surface area contributed by atoms with Crippen molar-refractivity contribution in [2.75, 3.05) is 0 Å². The standard InChI is InChI=1S/C29H30F2NSi/c1-2-3-6-15-33-16-13-22(14-17-33)21-9-11-23(12-10-21)25-7-4-5-8-26(25)24-18-28(30)27(20-32)29(31)19-24/h4-5,7-12,18-19,22H,2-3,6,13-17H2,1H3. The zero-order chi connectivity index (χ0) is 23.2. The molecule has 1 saturated heterocycles. The first-order chi connectivity index (χ1) is 16.1. The Hall–Kier alpha value is -2.77. The Balaban J connectivity index is 1.51. The van der Waals surface area contributed by atoms with Crippen LogP contribution < -0.4 is 0 Å². The summed E-state index contributed by atoms with van der Waals surface area (Å²) in [5, 5.41) is 8.96. The molecular weight excluding hydrogens is 428 g/mol. The second-order valence-electron chi connectivity index (χ2n) is 9.08. The topological polar surface area (TPSA) is 23.8 Å². The Labute approximate surface area is 197 Å². The summed E-state index contributed by atoms with van der Waals surface area (Å²) in [6.45, 7) is 2.28. The van der Waals surface area contributed by atoms with Gasteiger partial charge in [0.1, 0.15) is 23.3 Å². The molecule has 3 aromatic rings. The Morgan fingerprint density at radius 3 is 2.06 bits per heavy atom. The molecule has 1 nitrogen and oxygen atoms in total. The van der Waals surface area contributed by atoms with Gasteiger partial charge in [0.25, 0.3) is 0 Å².